The van der Waals surface area contributed by atoms with Gasteiger partial charge in [-0.05, 0) is 36.4 Å². The molecule has 0 aliphatic heterocycles. The molecule has 0 aliphatic rings. The summed E-state index contributed by atoms with van der Waals surface area (Å²) in [7, 11) is 1.51. The minimum atomic E-state index is -0.398. The molecule has 3 aromatic rings. The van der Waals surface area contributed by atoms with Crippen LogP contribution in [0.4, 0.5) is 5.69 Å². The smallest absolute Gasteiger partial charge is 0.273 e. The Morgan fingerprint density at radius 1 is 1.24 bits per heavy atom. The summed E-state index contributed by atoms with van der Waals surface area (Å²) >= 11 is 5.95. The van der Waals surface area contributed by atoms with Gasteiger partial charge in [0.15, 0.2) is 0 Å². The van der Waals surface area contributed by atoms with E-state index in [-0.39, 0.29) is 23.9 Å². The fourth-order valence-electron chi connectivity index (χ4n) is 2.23. The van der Waals surface area contributed by atoms with Gasteiger partial charge in [-0.2, -0.15) is 5.10 Å². The predicted molar refractivity (Wildman–Crippen MR) is 98.9 cm³/mol. The molecule has 0 saturated carbocycles. The Morgan fingerprint density at radius 3 is 2.72 bits per heavy atom. The largest absolute Gasteiger partial charge is 0.507 e. The summed E-state index contributed by atoms with van der Waals surface area (Å²) in [6, 6.07) is 13.2. The number of carbonyl (C=O) groups is 1. The molecule has 3 N–H and O–H groups in total. The number of phenols is 1. The molecule has 0 atom stereocenters. The first kappa shape index (κ1) is 18.6. The molecule has 0 bridgehead atoms. The van der Waals surface area contributed by atoms with Crippen LogP contribution in [-0.2, 0) is 0 Å². The van der Waals surface area contributed by atoms with Crippen LogP contribution < -0.4 is 10.1 Å². The number of phenolic OH excluding ortho intramolecular Hbond substituents is 1. The Balaban J connectivity index is 0.00000225. The van der Waals surface area contributed by atoms with Gasteiger partial charge in [0.2, 0.25) is 0 Å². The lowest BCUT2D eigenvalue weighted by Gasteiger charge is -2.09. The van der Waals surface area contributed by atoms with E-state index in [0.717, 1.165) is 0 Å². The van der Waals surface area contributed by atoms with E-state index in [1.165, 1.54) is 7.11 Å². The number of benzene rings is 2. The number of anilines is 1. The third-order valence-electron chi connectivity index (χ3n) is 3.41. The number of hydrogen-bond acceptors (Lipinski definition) is 4. The zero-order valence-corrected chi connectivity index (χ0v) is 14.7. The van der Waals surface area contributed by atoms with Crippen LogP contribution in [0.3, 0.4) is 0 Å². The second-order valence-electron chi connectivity index (χ2n) is 4.98. The molecule has 0 aliphatic carbocycles. The summed E-state index contributed by atoms with van der Waals surface area (Å²) in [5, 5.41) is 19.8. The maximum atomic E-state index is 12.4. The first-order valence-electron chi connectivity index (χ1n) is 7.07. The fraction of sp³-hybridized carbons (Fsp3) is 0.0588. The molecule has 1 aromatic heterocycles. The number of methoxy groups -OCH3 is 1. The van der Waals surface area contributed by atoms with E-state index in [4.69, 9.17) is 16.3 Å². The lowest BCUT2D eigenvalue weighted by Crippen LogP contribution is -2.13. The van der Waals surface area contributed by atoms with E-state index in [0.29, 0.717) is 27.7 Å². The van der Waals surface area contributed by atoms with E-state index in [1.54, 1.807) is 48.5 Å². The second kappa shape index (κ2) is 7.92. The van der Waals surface area contributed by atoms with E-state index >= 15 is 0 Å². The van der Waals surface area contributed by atoms with Crippen molar-refractivity contribution >= 4 is 35.6 Å². The van der Waals surface area contributed by atoms with Crippen molar-refractivity contribution in [3.05, 3.63) is 59.2 Å². The second-order valence-corrected chi connectivity index (χ2v) is 5.42. The van der Waals surface area contributed by atoms with Crippen molar-refractivity contribution in [3.63, 3.8) is 0 Å². The van der Waals surface area contributed by atoms with Crippen molar-refractivity contribution in [2.24, 2.45) is 0 Å². The van der Waals surface area contributed by atoms with Crippen LogP contribution in [0, 0.1) is 0 Å². The minimum absolute atomic E-state index is 0. The number of rotatable bonds is 4. The van der Waals surface area contributed by atoms with Gasteiger partial charge < -0.3 is 15.2 Å². The number of H-pyrrole nitrogens is 1. The lowest BCUT2D eigenvalue weighted by molar-refractivity contribution is 0.102. The monoisotopic (exact) mass is 379 g/mol. The highest BCUT2D eigenvalue weighted by Gasteiger charge is 2.15. The number of nitrogens with zero attached hydrogens (tertiary/aromatic N) is 1. The van der Waals surface area contributed by atoms with Gasteiger partial charge in [0.25, 0.3) is 5.91 Å². The van der Waals surface area contributed by atoms with E-state index in [9.17, 15) is 9.90 Å². The third kappa shape index (κ3) is 4.04. The molecule has 8 heteroatoms. The standard InChI is InChI=1S/C17H14ClN3O3.ClH/c1-24-16-7-6-10(18)8-13(16)19-17(23)14-9-12(20-21-14)11-4-2-3-5-15(11)22;/h2-9,22H,1H3,(H,19,23)(H,20,21);1H. The summed E-state index contributed by atoms with van der Waals surface area (Å²) in [4.78, 5) is 12.4. The number of ether oxygens (including phenoxy) is 1. The Morgan fingerprint density at radius 2 is 2.00 bits per heavy atom. The normalized spacial score (nSPS) is 10.0. The average molecular weight is 380 g/mol. The summed E-state index contributed by atoms with van der Waals surface area (Å²) in [6.07, 6.45) is 0. The highest BCUT2D eigenvalue weighted by molar-refractivity contribution is 6.31. The molecule has 0 radical (unpaired) electrons. The van der Waals surface area contributed by atoms with Gasteiger partial charge in [0, 0.05) is 10.6 Å². The molecular formula is C17H15Cl2N3O3. The van der Waals surface area contributed by atoms with Crippen molar-refractivity contribution < 1.29 is 14.6 Å². The van der Waals surface area contributed by atoms with Crippen LogP contribution in [0.2, 0.25) is 5.02 Å². The summed E-state index contributed by atoms with van der Waals surface area (Å²) in [5.41, 5.74) is 1.70. The molecule has 0 saturated heterocycles. The number of aromatic amines is 1. The van der Waals surface area contributed by atoms with E-state index < -0.39 is 5.91 Å². The molecule has 3 rings (SSSR count). The number of nitrogens with one attached hydrogen (secondary N) is 2. The van der Waals surface area contributed by atoms with Gasteiger partial charge in [-0.1, -0.05) is 23.7 Å². The highest BCUT2D eigenvalue weighted by Crippen LogP contribution is 2.29. The Bertz CT molecular complexity index is 896. The average Bonchev–Trinajstić information content (AvgIpc) is 3.05. The molecule has 130 valence electrons. The van der Waals surface area contributed by atoms with Crippen molar-refractivity contribution in [3.8, 4) is 22.8 Å². The van der Waals surface area contributed by atoms with Gasteiger partial charge in [-0.15, -0.1) is 12.4 Å². The zero-order chi connectivity index (χ0) is 17.1. The molecular weight excluding hydrogens is 365 g/mol. The van der Waals surface area contributed by atoms with Crippen molar-refractivity contribution in [1.82, 2.24) is 10.2 Å². The molecule has 2 aromatic carbocycles. The van der Waals surface area contributed by atoms with Crippen LogP contribution in [0.15, 0.2) is 48.5 Å². The lowest BCUT2D eigenvalue weighted by atomic mass is 10.1. The van der Waals surface area contributed by atoms with Crippen LogP contribution in [0.1, 0.15) is 10.5 Å². The highest BCUT2D eigenvalue weighted by atomic mass is 35.5. The molecule has 0 spiro atoms. The molecule has 0 unspecified atom stereocenters. The zero-order valence-electron chi connectivity index (χ0n) is 13.1. The van der Waals surface area contributed by atoms with Crippen molar-refractivity contribution in [2.45, 2.75) is 0 Å². The number of halogens is 2. The number of para-hydroxylation sites is 1. The van der Waals surface area contributed by atoms with E-state index in [2.05, 4.69) is 15.5 Å². The van der Waals surface area contributed by atoms with Crippen LogP contribution in [0.5, 0.6) is 11.5 Å². The van der Waals surface area contributed by atoms with Gasteiger partial charge in [0.05, 0.1) is 18.5 Å². The van der Waals surface area contributed by atoms with Crippen molar-refractivity contribution in [2.75, 3.05) is 12.4 Å². The molecule has 1 amide bonds. The molecule has 25 heavy (non-hydrogen) atoms. The maximum Gasteiger partial charge on any atom is 0.273 e. The Kier molecular flexibility index (Phi) is 5.90. The third-order valence-corrected chi connectivity index (χ3v) is 3.65. The van der Waals surface area contributed by atoms with Gasteiger partial charge in [-0.3, -0.25) is 9.89 Å². The predicted octanol–water partition coefficient (Wildman–Crippen LogP) is 4.12. The van der Waals surface area contributed by atoms with E-state index in [1.807, 2.05) is 0 Å². The minimum Gasteiger partial charge on any atom is -0.507 e. The maximum absolute atomic E-state index is 12.4. The van der Waals surface area contributed by atoms with Gasteiger partial charge >= 0.3 is 0 Å². The number of aromatic nitrogens is 2. The molecule has 6 nitrogen and oxygen atoms in total. The number of aromatic hydroxyl groups is 1. The Hall–Kier alpha value is -2.70. The summed E-state index contributed by atoms with van der Waals surface area (Å²) in [6.45, 7) is 0. The van der Waals surface area contributed by atoms with Crippen LogP contribution in [0.25, 0.3) is 11.3 Å². The summed E-state index contributed by atoms with van der Waals surface area (Å²) < 4.78 is 5.20. The van der Waals surface area contributed by atoms with Crippen LogP contribution >= 0.6 is 24.0 Å². The topological polar surface area (TPSA) is 87.2 Å². The number of amides is 1. The molecule has 1 heterocycles. The fourth-order valence-corrected chi connectivity index (χ4v) is 2.41. The summed E-state index contributed by atoms with van der Waals surface area (Å²) in [5.74, 6) is 0.186. The number of hydrogen-bond donors (Lipinski definition) is 3. The first-order chi connectivity index (χ1) is 11.6. The van der Waals surface area contributed by atoms with Gasteiger partial charge in [0.1, 0.15) is 17.2 Å². The molecule has 0 fully saturated rings. The van der Waals surface area contributed by atoms with Gasteiger partial charge in [-0.25, -0.2) is 0 Å². The number of carbonyl (C=O) groups excluding carboxylic acids is 1. The van der Waals surface area contributed by atoms with Crippen LogP contribution in [-0.4, -0.2) is 28.3 Å². The Labute approximate surface area is 155 Å². The SMILES string of the molecule is COc1ccc(Cl)cc1NC(=O)c1cc(-c2ccccc2O)n[nH]1.Cl. The first-order valence-corrected chi connectivity index (χ1v) is 7.45. The van der Waals surface area contributed by atoms with Crippen molar-refractivity contribution in [1.29, 1.82) is 0 Å². The quantitative estimate of drug-likeness (QED) is 0.636.